The maximum Gasteiger partial charge on any atom is 0.247 e. The molecule has 0 aliphatic heterocycles. The molecular formula is C23H24N8O. The van der Waals surface area contributed by atoms with Crippen molar-refractivity contribution >= 4 is 17.5 Å². The Kier molecular flexibility index (Phi) is 5.89. The average Bonchev–Trinajstić information content (AvgIpc) is 3.07. The maximum atomic E-state index is 12.6. The minimum absolute atomic E-state index is 0.0891. The van der Waals surface area contributed by atoms with Crippen molar-refractivity contribution in [2.24, 2.45) is 0 Å². The van der Waals surface area contributed by atoms with Crippen LogP contribution in [0.15, 0.2) is 55.4 Å². The van der Waals surface area contributed by atoms with E-state index in [0.29, 0.717) is 5.82 Å². The minimum atomic E-state index is -0.202. The Hall–Kier alpha value is -4.14. The third kappa shape index (κ3) is 4.46. The fourth-order valence-electron chi connectivity index (χ4n) is 3.47. The first-order valence-corrected chi connectivity index (χ1v) is 10.1. The minimum Gasteiger partial charge on any atom is -0.363 e. The predicted molar refractivity (Wildman–Crippen MR) is 123 cm³/mol. The molecule has 0 aliphatic rings. The van der Waals surface area contributed by atoms with E-state index in [0.717, 1.165) is 39.5 Å². The summed E-state index contributed by atoms with van der Waals surface area (Å²) >= 11 is 0. The van der Waals surface area contributed by atoms with Crippen molar-refractivity contribution in [2.45, 2.75) is 20.4 Å². The Morgan fingerprint density at radius 2 is 1.66 bits per heavy atom. The van der Waals surface area contributed by atoms with Crippen LogP contribution < -0.4 is 10.2 Å². The predicted octanol–water partition coefficient (Wildman–Crippen LogP) is 3.12. The molecule has 0 aliphatic carbocycles. The van der Waals surface area contributed by atoms with Crippen LogP contribution in [0.2, 0.25) is 0 Å². The van der Waals surface area contributed by atoms with Gasteiger partial charge in [0.05, 0.1) is 5.69 Å². The molecule has 0 spiro atoms. The molecule has 1 N–H and O–H groups in total. The van der Waals surface area contributed by atoms with E-state index in [4.69, 9.17) is 0 Å². The van der Waals surface area contributed by atoms with Crippen molar-refractivity contribution in [2.75, 3.05) is 24.3 Å². The summed E-state index contributed by atoms with van der Waals surface area (Å²) in [7, 11) is 3.90. The van der Waals surface area contributed by atoms with Crippen molar-refractivity contribution in [1.29, 1.82) is 0 Å². The Labute approximate surface area is 186 Å². The number of carbonyl (C=O) groups excluding carboxylic acids is 1. The molecule has 4 heterocycles. The van der Waals surface area contributed by atoms with E-state index in [9.17, 15) is 4.79 Å². The molecule has 0 unspecified atom stereocenters. The fraction of sp³-hybridized carbons (Fsp3) is 0.217. The van der Waals surface area contributed by atoms with Crippen molar-refractivity contribution in [1.82, 2.24) is 29.7 Å². The highest BCUT2D eigenvalue weighted by atomic mass is 16.2. The first-order valence-electron chi connectivity index (χ1n) is 10.1. The number of nitrogens with zero attached hydrogens (tertiary/aromatic N) is 7. The zero-order valence-corrected chi connectivity index (χ0v) is 18.4. The molecule has 0 saturated carbocycles. The van der Waals surface area contributed by atoms with Gasteiger partial charge in [-0.15, -0.1) is 0 Å². The van der Waals surface area contributed by atoms with Crippen molar-refractivity contribution in [3.8, 4) is 22.3 Å². The van der Waals surface area contributed by atoms with Gasteiger partial charge in [-0.1, -0.05) is 0 Å². The number of pyridine rings is 2. The van der Waals surface area contributed by atoms with Crippen LogP contribution in [-0.4, -0.2) is 49.7 Å². The summed E-state index contributed by atoms with van der Waals surface area (Å²) in [5.41, 5.74) is 5.45. The van der Waals surface area contributed by atoms with E-state index in [2.05, 4.69) is 30.4 Å². The van der Waals surface area contributed by atoms with Crippen molar-refractivity contribution in [3.63, 3.8) is 0 Å². The van der Waals surface area contributed by atoms with Crippen molar-refractivity contribution < 1.29 is 4.79 Å². The normalized spacial score (nSPS) is 10.8. The topological polar surface area (TPSA) is 102 Å². The lowest BCUT2D eigenvalue weighted by Crippen LogP contribution is -2.20. The lowest BCUT2D eigenvalue weighted by Gasteiger charge is -2.11. The highest BCUT2D eigenvalue weighted by Gasteiger charge is 2.16. The summed E-state index contributed by atoms with van der Waals surface area (Å²) in [4.78, 5) is 31.4. The lowest BCUT2D eigenvalue weighted by molar-refractivity contribution is -0.117. The van der Waals surface area contributed by atoms with Gasteiger partial charge in [-0.25, -0.2) is 19.9 Å². The third-order valence-electron chi connectivity index (χ3n) is 5.09. The van der Waals surface area contributed by atoms with Gasteiger partial charge in [0, 0.05) is 66.8 Å². The number of anilines is 2. The quantitative estimate of drug-likeness (QED) is 0.503. The van der Waals surface area contributed by atoms with Crippen LogP contribution in [0.1, 0.15) is 11.4 Å². The molecule has 0 saturated heterocycles. The number of nitrogens with one attached hydrogen (secondary N) is 1. The number of aryl methyl sites for hydroxylation is 1. The monoisotopic (exact) mass is 428 g/mol. The molecule has 4 aromatic rings. The first-order chi connectivity index (χ1) is 15.4. The van der Waals surface area contributed by atoms with Gasteiger partial charge in [0.1, 0.15) is 24.5 Å². The average molecular weight is 429 g/mol. The smallest absolute Gasteiger partial charge is 0.247 e. The van der Waals surface area contributed by atoms with Crippen molar-refractivity contribution in [3.05, 3.63) is 66.8 Å². The second-order valence-corrected chi connectivity index (χ2v) is 7.61. The summed E-state index contributed by atoms with van der Waals surface area (Å²) < 4.78 is 1.70. The van der Waals surface area contributed by atoms with Crippen LogP contribution in [0.4, 0.5) is 11.6 Å². The van der Waals surface area contributed by atoms with E-state index >= 15 is 0 Å². The second-order valence-electron chi connectivity index (χ2n) is 7.61. The molecular weight excluding hydrogens is 404 g/mol. The zero-order valence-electron chi connectivity index (χ0n) is 18.4. The lowest BCUT2D eigenvalue weighted by atomic mass is 10.1. The van der Waals surface area contributed by atoms with Gasteiger partial charge in [0.15, 0.2) is 0 Å². The summed E-state index contributed by atoms with van der Waals surface area (Å²) in [6, 6.07) is 7.61. The second kappa shape index (κ2) is 8.93. The van der Waals surface area contributed by atoms with E-state index in [-0.39, 0.29) is 12.5 Å². The van der Waals surface area contributed by atoms with Gasteiger partial charge >= 0.3 is 0 Å². The van der Waals surface area contributed by atoms with Gasteiger partial charge < -0.3 is 10.2 Å². The molecule has 9 heteroatoms. The van der Waals surface area contributed by atoms with E-state index in [1.165, 1.54) is 6.33 Å². The van der Waals surface area contributed by atoms with Crippen LogP contribution in [0, 0.1) is 13.8 Å². The number of amides is 1. The van der Waals surface area contributed by atoms with Gasteiger partial charge in [-0.2, -0.15) is 5.10 Å². The molecule has 1 amide bonds. The molecule has 32 heavy (non-hydrogen) atoms. The Morgan fingerprint density at radius 3 is 2.28 bits per heavy atom. The molecule has 0 radical (unpaired) electrons. The Balaban J connectivity index is 1.46. The van der Waals surface area contributed by atoms with Gasteiger partial charge in [0.2, 0.25) is 5.91 Å². The van der Waals surface area contributed by atoms with Crippen LogP contribution in [0.25, 0.3) is 22.3 Å². The van der Waals surface area contributed by atoms with E-state index < -0.39 is 0 Å². The Morgan fingerprint density at radius 1 is 0.938 bits per heavy atom. The molecule has 162 valence electrons. The van der Waals surface area contributed by atoms with E-state index in [1.54, 1.807) is 29.3 Å². The number of aromatic nitrogens is 6. The first kappa shape index (κ1) is 21.1. The highest BCUT2D eigenvalue weighted by molar-refractivity contribution is 5.90. The van der Waals surface area contributed by atoms with E-state index in [1.807, 2.05) is 57.2 Å². The van der Waals surface area contributed by atoms with Crippen LogP contribution in [0.3, 0.4) is 0 Å². The van der Waals surface area contributed by atoms with Crippen LogP contribution >= 0.6 is 0 Å². The molecule has 0 aromatic carbocycles. The van der Waals surface area contributed by atoms with Gasteiger partial charge in [-0.3, -0.25) is 9.48 Å². The molecule has 4 aromatic heterocycles. The molecule has 0 fully saturated rings. The van der Waals surface area contributed by atoms with Gasteiger partial charge in [0.25, 0.3) is 0 Å². The summed E-state index contributed by atoms with van der Waals surface area (Å²) in [6.45, 7) is 3.98. The summed E-state index contributed by atoms with van der Waals surface area (Å²) in [5.74, 6) is 1.15. The standard InChI is InChI=1S/C23H24N8O/c1-15-23(18-6-8-21(27-12-18)30(3)4)16(2)31(29-15)13-22(32)28-20-7-5-17(11-26-20)19-9-24-14-25-10-19/h5-12,14H,13H2,1-4H3,(H,26,28,32). The summed E-state index contributed by atoms with van der Waals surface area (Å²) in [5, 5.41) is 7.39. The molecule has 9 nitrogen and oxygen atoms in total. The van der Waals surface area contributed by atoms with Gasteiger partial charge in [-0.05, 0) is 38.1 Å². The maximum absolute atomic E-state index is 12.6. The highest BCUT2D eigenvalue weighted by Crippen LogP contribution is 2.27. The van der Waals surface area contributed by atoms with Crippen LogP contribution in [0.5, 0.6) is 0 Å². The SMILES string of the molecule is Cc1nn(CC(=O)Nc2ccc(-c3cncnc3)cn2)c(C)c1-c1ccc(N(C)C)nc1. The molecule has 0 atom stereocenters. The number of carbonyl (C=O) groups is 1. The number of hydrogen-bond donors (Lipinski definition) is 1. The largest absolute Gasteiger partial charge is 0.363 e. The third-order valence-corrected chi connectivity index (χ3v) is 5.09. The Bertz CT molecular complexity index is 1220. The number of hydrogen-bond acceptors (Lipinski definition) is 7. The molecule has 4 rings (SSSR count). The fourth-order valence-corrected chi connectivity index (χ4v) is 3.47. The number of rotatable bonds is 6. The summed E-state index contributed by atoms with van der Waals surface area (Å²) in [6.07, 6.45) is 8.42. The molecule has 0 bridgehead atoms. The van der Waals surface area contributed by atoms with Crippen LogP contribution in [-0.2, 0) is 11.3 Å². The zero-order chi connectivity index (χ0) is 22.7.